The zero-order valence-electron chi connectivity index (χ0n) is 21.2. The van der Waals surface area contributed by atoms with E-state index in [9.17, 15) is 0 Å². The fraction of sp³-hybridized carbons (Fsp3) is 0.467. The second-order valence-electron chi connectivity index (χ2n) is 9.26. The molecule has 0 saturated heterocycles. The van der Waals surface area contributed by atoms with Gasteiger partial charge in [0.25, 0.3) is 0 Å². The smallest absolute Gasteiger partial charge is 0.00905 e. The first-order valence-corrected chi connectivity index (χ1v) is 15.6. The number of hydrogen-bond acceptors (Lipinski definition) is 0. The minimum Gasteiger partial charge on any atom is -0.118 e. The van der Waals surface area contributed by atoms with Crippen LogP contribution < -0.4 is 10.6 Å². The Balaban J connectivity index is 1.86. The maximum Gasteiger partial charge on any atom is -0.00905 e. The summed E-state index contributed by atoms with van der Waals surface area (Å²) < 4.78 is 0. The molecule has 0 radical (unpaired) electrons. The molecule has 2 heteroatoms. The molecular formula is C30H42P2. The topological polar surface area (TPSA) is 0 Å². The van der Waals surface area contributed by atoms with Gasteiger partial charge in [-0.25, -0.2) is 0 Å². The Kier molecular flexibility index (Phi) is 9.64. The molecule has 0 N–H and O–H groups in total. The number of aryl methyl sites for hydroxylation is 2. The minimum absolute atomic E-state index is 0.113. The molecule has 0 nitrogen and oxygen atoms in total. The van der Waals surface area contributed by atoms with Crippen LogP contribution in [-0.2, 0) is 19.0 Å². The quantitative estimate of drug-likeness (QED) is 0.249. The van der Waals surface area contributed by atoms with Crippen LogP contribution in [-0.4, -0.2) is 6.16 Å². The van der Waals surface area contributed by atoms with Crippen LogP contribution >= 0.6 is 15.5 Å². The fourth-order valence-electron chi connectivity index (χ4n) is 4.59. The van der Waals surface area contributed by atoms with Gasteiger partial charge in [0.05, 0.1) is 0 Å². The minimum atomic E-state index is -0.313. The normalized spacial score (nSPS) is 11.5. The Morgan fingerprint density at radius 3 is 1.41 bits per heavy atom. The van der Waals surface area contributed by atoms with Crippen molar-refractivity contribution in [3.05, 3.63) is 81.4 Å². The van der Waals surface area contributed by atoms with Gasteiger partial charge in [-0.2, -0.15) is 0 Å². The molecule has 32 heavy (non-hydrogen) atoms. The third-order valence-corrected chi connectivity index (χ3v) is 13.0. The van der Waals surface area contributed by atoms with Gasteiger partial charge >= 0.3 is 0 Å². The highest BCUT2D eigenvalue weighted by molar-refractivity contribution is 7.73. The average molecular weight is 465 g/mol. The SMILES string of the molecule is CCCCc1ccc(P(CCp2c(C)c(C)c(C)c2C)c2ccc(CCCC)cc2)cc1. The lowest BCUT2D eigenvalue weighted by Crippen LogP contribution is -2.15. The summed E-state index contributed by atoms with van der Waals surface area (Å²) in [5.41, 5.74) is 6.09. The van der Waals surface area contributed by atoms with Gasteiger partial charge in [0.15, 0.2) is 0 Å². The van der Waals surface area contributed by atoms with Crippen molar-refractivity contribution in [2.75, 3.05) is 6.16 Å². The predicted molar refractivity (Wildman–Crippen MR) is 149 cm³/mol. The third kappa shape index (κ3) is 6.16. The summed E-state index contributed by atoms with van der Waals surface area (Å²) in [5.74, 6) is 0. The molecule has 0 aliphatic heterocycles. The van der Waals surface area contributed by atoms with E-state index in [0.29, 0.717) is 0 Å². The molecule has 0 unspecified atom stereocenters. The summed E-state index contributed by atoms with van der Waals surface area (Å²) in [7, 11) is -0.426. The summed E-state index contributed by atoms with van der Waals surface area (Å²) >= 11 is 0. The summed E-state index contributed by atoms with van der Waals surface area (Å²) in [4.78, 5) is 0. The maximum atomic E-state index is 2.44. The van der Waals surface area contributed by atoms with E-state index in [-0.39, 0.29) is 15.5 Å². The highest BCUT2D eigenvalue weighted by Gasteiger charge is 2.18. The standard InChI is InChI=1S/C30H42P2/c1-7-9-11-27-13-17-29(18-14-27)32(30-19-15-28(16-20-30)12-10-8-2)22-21-31-25(5)23(3)24(4)26(31)6/h13-20H,7-12,21-22H2,1-6H3. The maximum absolute atomic E-state index is 2.44. The first-order valence-electron chi connectivity index (χ1n) is 12.5. The van der Waals surface area contributed by atoms with Crippen LogP contribution in [0.2, 0.25) is 0 Å². The van der Waals surface area contributed by atoms with Crippen LogP contribution in [0.5, 0.6) is 0 Å². The van der Waals surface area contributed by atoms with Crippen LogP contribution in [0.1, 0.15) is 72.4 Å². The Bertz CT molecular complexity index is 900. The van der Waals surface area contributed by atoms with Crippen molar-refractivity contribution >= 4 is 26.1 Å². The van der Waals surface area contributed by atoms with Crippen molar-refractivity contribution in [1.29, 1.82) is 0 Å². The monoisotopic (exact) mass is 464 g/mol. The van der Waals surface area contributed by atoms with E-state index >= 15 is 0 Å². The van der Waals surface area contributed by atoms with E-state index in [4.69, 9.17) is 0 Å². The summed E-state index contributed by atoms with van der Waals surface area (Å²) in [6, 6.07) is 19.3. The first-order chi connectivity index (χ1) is 15.5. The van der Waals surface area contributed by atoms with Crippen molar-refractivity contribution in [3.63, 3.8) is 0 Å². The van der Waals surface area contributed by atoms with E-state index < -0.39 is 0 Å². The van der Waals surface area contributed by atoms with E-state index in [0.717, 1.165) is 0 Å². The van der Waals surface area contributed by atoms with Gasteiger partial charge in [-0.15, -0.1) is 7.53 Å². The highest BCUT2D eigenvalue weighted by Crippen LogP contribution is 2.47. The van der Waals surface area contributed by atoms with Crippen molar-refractivity contribution in [1.82, 2.24) is 0 Å². The molecule has 1 heterocycles. The number of unbranched alkanes of at least 4 members (excludes halogenated alkanes) is 2. The Hall–Kier alpha value is -1.35. The molecule has 1 aromatic heterocycles. The Labute approximate surface area is 199 Å². The van der Waals surface area contributed by atoms with Gasteiger partial charge in [0.2, 0.25) is 0 Å². The van der Waals surface area contributed by atoms with Gasteiger partial charge in [0, 0.05) is 0 Å². The van der Waals surface area contributed by atoms with Crippen LogP contribution in [0.4, 0.5) is 0 Å². The predicted octanol–water partition coefficient (Wildman–Crippen LogP) is 8.72. The molecule has 2 aromatic carbocycles. The second-order valence-corrected chi connectivity index (χ2v) is 14.2. The van der Waals surface area contributed by atoms with Crippen LogP contribution in [0.3, 0.4) is 0 Å². The third-order valence-electron chi connectivity index (χ3n) is 7.14. The summed E-state index contributed by atoms with van der Waals surface area (Å²) in [5, 5.41) is 6.42. The van der Waals surface area contributed by atoms with Gasteiger partial charge in [-0.3, -0.25) is 0 Å². The fourth-order valence-corrected chi connectivity index (χ4v) is 10.3. The van der Waals surface area contributed by atoms with Crippen LogP contribution in [0.25, 0.3) is 0 Å². The number of rotatable bonds is 11. The molecular weight excluding hydrogens is 422 g/mol. The van der Waals surface area contributed by atoms with Crippen LogP contribution in [0, 0.1) is 27.7 Å². The second kappa shape index (κ2) is 12.2. The van der Waals surface area contributed by atoms with Gasteiger partial charge in [-0.1, -0.05) is 75.2 Å². The molecule has 3 rings (SSSR count). The van der Waals surface area contributed by atoms with Crippen molar-refractivity contribution in [3.8, 4) is 0 Å². The van der Waals surface area contributed by atoms with Crippen molar-refractivity contribution < 1.29 is 0 Å². The Morgan fingerprint density at radius 1 is 0.625 bits per heavy atom. The number of hydrogen-bond donors (Lipinski definition) is 0. The Morgan fingerprint density at radius 2 is 1.03 bits per heavy atom. The summed E-state index contributed by atoms with van der Waals surface area (Å²) in [6.45, 7) is 14.0. The van der Waals surface area contributed by atoms with E-state index in [1.165, 1.54) is 62.0 Å². The zero-order chi connectivity index (χ0) is 23.1. The first kappa shape index (κ1) is 25.3. The van der Waals surface area contributed by atoms with Crippen molar-refractivity contribution in [2.24, 2.45) is 0 Å². The lowest BCUT2D eigenvalue weighted by Gasteiger charge is -2.20. The van der Waals surface area contributed by atoms with Gasteiger partial charge in [-0.05, 0) is 117 Å². The van der Waals surface area contributed by atoms with E-state index in [2.05, 4.69) is 90.1 Å². The highest BCUT2D eigenvalue weighted by atomic mass is 31.1. The molecule has 0 aliphatic carbocycles. The molecule has 0 saturated carbocycles. The molecule has 0 bridgehead atoms. The average Bonchev–Trinajstić information content (AvgIpc) is 3.00. The van der Waals surface area contributed by atoms with Crippen molar-refractivity contribution in [2.45, 2.75) is 86.2 Å². The zero-order valence-corrected chi connectivity index (χ0v) is 23.0. The molecule has 3 aromatic rings. The van der Waals surface area contributed by atoms with E-state index in [1.807, 2.05) is 0 Å². The van der Waals surface area contributed by atoms with E-state index in [1.54, 1.807) is 32.3 Å². The molecule has 172 valence electrons. The van der Waals surface area contributed by atoms with Gasteiger partial charge in [0.1, 0.15) is 0 Å². The summed E-state index contributed by atoms with van der Waals surface area (Å²) in [6.07, 6.45) is 10.1. The lowest BCUT2D eigenvalue weighted by atomic mass is 10.1. The molecule has 0 amide bonds. The molecule has 0 spiro atoms. The molecule has 0 fully saturated rings. The molecule has 0 atom stereocenters. The molecule has 0 aliphatic rings. The lowest BCUT2D eigenvalue weighted by molar-refractivity contribution is 0.795. The largest absolute Gasteiger partial charge is 0.118 e. The number of benzene rings is 2. The van der Waals surface area contributed by atoms with Crippen LogP contribution in [0.15, 0.2) is 48.5 Å². The van der Waals surface area contributed by atoms with Gasteiger partial charge < -0.3 is 0 Å².